The zero-order chi connectivity index (χ0) is 15.2. The normalized spacial score (nSPS) is 9.76. The van der Waals surface area contributed by atoms with Crippen LogP contribution in [-0.2, 0) is 0 Å². The number of nitriles is 1. The number of amides is 1. The van der Waals surface area contributed by atoms with Crippen molar-refractivity contribution in [2.45, 2.75) is 0 Å². The third-order valence-electron chi connectivity index (χ3n) is 2.59. The van der Waals surface area contributed by atoms with Gasteiger partial charge in [0.05, 0.1) is 5.56 Å². The standard InChI is InChI=1S/C15H10F2N2O2/c16-13-6-2-5-12(14(13)17)15(20)19-10-3-1-4-11(9-10)21-8-7-18/h1-6,9H,8H2,(H,19,20). The lowest BCUT2D eigenvalue weighted by Crippen LogP contribution is -2.14. The van der Waals surface area contributed by atoms with Crippen LogP contribution in [-0.4, -0.2) is 12.5 Å². The number of nitrogens with zero attached hydrogens (tertiary/aromatic N) is 1. The maximum absolute atomic E-state index is 13.5. The van der Waals surface area contributed by atoms with Gasteiger partial charge in [0.15, 0.2) is 18.2 Å². The Morgan fingerprint density at radius 2 is 2.00 bits per heavy atom. The fraction of sp³-hybridized carbons (Fsp3) is 0.0667. The molecule has 0 bridgehead atoms. The van der Waals surface area contributed by atoms with Gasteiger partial charge in [0.1, 0.15) is 11.8 Å². The number of carbonyl (C=O) groups excluding carboxylic acids is 1. The number of benzene rings is 2. The molecule has 0 aliphatic rings. The molecule has 1 amide bonds. The molecule has 2 aromatic rings. The van der Waals surface area contributed by atoms with Crippen molar-refractivity contribution in [1.29, 1.82) is 5.26 Å². The largest absolute Gasteiger partial charge is 0.479 e. The summed E-state index contributed by atoms with van der Waals surface area (Å²) in [4.78, 5) is 11.9. The first-order valence-electron chi connectivity index (χ1n) is 5.97. The van der Waals surface area contributed by atoms with Gasteiger partial charge in [0, 0.05) is 11.8 Å². The van der Waals surface area contributed by atoms with Crippen LogP contribution in [0.2, 0.25) is 0 Å². The summed E-state index contributed by atoms with van der Waals surface area (Å²) in [6, 6.07) is 11.4. The van der Waals surface area contributed by atoms with Crippen molar-refractivity contribution in [2.75, 3.05) is 11.9 Å². The van der Waals surface area contributed by atoms with Gasteiger partial charge < -0.3 is 10.1 Å². The van der Waals surface area contributed by atoms with Crippen molar-refractivity contribution in [3.63, 3.8) is 0 Å². The molecule has 0 saturated heterocycles. The van der Waals surface area contributed by atoms with E-state index in [0.717, 1.165) is 6.07 Å². The van der Waals surface area contributed by atoms with Gasteiger partial charge in [-0.25, -0.2) is 8.78 Å². The molecular weight excluding hydrogens is 278 g/mol. The van der Waals surface area contributed by atoms with E-state index in [9.17, 15) is 13.6 Å². The summed E-state index contributed by atoms with van der Waals surface area (Å²) >= 11 is 0. The Morgan fingerprint density at radius 1 is 1.24 bits per heavy atom. The molecule has 0 aromatic heterocycles. The second-order valence-electron chi connectivity index (χ2n) is 4.03. The Morgan fingerprint density at radius 3 is 2.76 bits per heavy atom. The number of hydrogen-bond acceptors (Lipinski definition) is 3. The van der Waals surface area contributed by atoms with Crippen LogP contribution in [0.4, 0.5) is 14.5 Å². The van der Waals surface area contributed by atoms with Crippen LogP contribution in [0.5, 0.6) is 5.75 Å². The van der Waals surface area contributed by atoms with Gasteiger partial charge in [-0.15, -0.1) is 0 Å². The van der Waals surface area contributed by atoms with E-state index in [-0.39, 0.29) is 6.61 Å². The summed E-state index contributed by atoms with van der Waals surface area (Å²) in [6.07, 6.45) is 0. The molecule has 0 spiro atoms. The Balaban J connectivity index is 2.16. The number of hydrogen-bond donors (Lipinski definition) is 1. The van der Waals surface area contributed by atoms with E-state index in [2.05, 4.69) is 5.32 Å². The predicted octanol–water partition coefficient (Wildman–Crippen LogP) is 3.12. The fourth-order valence-electron chi connectivity index (χ4n) is 1.66. The second-order valence-corrected chi connectivity index (χ2v) is 4.03. The highest BCUT2D eigenvalue weighted by atomic mass is 19.2. The molecule has 2 rings (SSSR count). The molecule has 6 heteroatoms. The third kappa shape index (κ3) is 3.54. The van der Waals surface area contributed by atoms with Gasteiger partial charge in [-0.1, -0.05) is 12.1 Å². The zero-order valence-corrected chi connectivity index (χ0v) is 10.8. The van der Waals surface area contributed by atoms with Gasteiger partial charge in [-0.2, -0.15) is 5.26 Å². The Kier molecular flexibility index (Phi) is 4.46. The molecule has 2 aromatic carbocycles. The van der Waals surface area contributed by atoms with Crippen LogP contribution < -0.4 is 10.1 Å². The summed E-state index contributed by atoms with van der Waals surface area (Å²) in [6.45, 7) is -0.129. The topological polar surface area (TPSA) is 62.1 Å². The van der Waals surface area contributed by atoms with E-state index < -0.39 is 23.1 Å². The molecule has 21 heavy (non-hydrogen) atoms. The number of rotatable bonds is 4. The molecule has 0 fully saturated rings. The van der Waals surface area contributed by atoms with Crippen molar-refractivity contribution < 1.29 is 18.3 Å². The minimum Gasteiger partial charge on any atom is -0.479 e. The smallest absolute Gasteiger partial charge is 0.258 e. The SMILES string of the molecule is N#CCOc1cccc(NC(=O)c2cccc(F)c2F)c1. The van der Waals surface area contributed by atoms with Crippen LogP contribution in [0.1, 0.15) is 10.4 Å². The maximum atomic E-state index is 13.5. The maximum Gasteiger partial charge on any atom is 0.258 e. The van der Waals surface area contributed by atoms with E-state index in [1.54, 1.807) is 18.2 Å². The average Bonchev–Trinajstić information content (AvgIpc) is 2.48. The summed E-state index contributed by atoms with van der Waals surface area (Å²) in [7, 11) is 0. The molecule has 4 nitrogen and oxygen atoms in total. The van der Waals surface area contributed by atoms with E-state index in [1.165, 1.54) is 18.2 Å². The quantitative estimate of drug-likeness (QED) is 0.940. The van der Waals surface area contributed by atoms with Crippen molar-refractivity contribution in [3.8, 4) is 11.8 Å². The van der Waals surface area contributed by atoms with E-state index in [1.807, 2.05) is 6.07 Å². The second kappa shape index (κ2) is 6.48. The molecule has 0 heterocycles. The Labute approximate surface area is 119 Å². The Hall–Kier alpha value is -2.94. The molecule has 1 N–H and O–H groups in total. The number of carbonyl (C=O) groups is 1. The van der Waals surface area contributed by atoms with Gasteiger partial charge >= 0.3 is 0 Å². The lowest BCUT2D eigenvalue weighted by molar-refractivity contribution is 0.102. The number of nitrogens with one attached hydrogen (secondary N) is 1. The lowest BCUT2D eigenvalue weighted by Gasteiger charge is -2.08. The van der Waals surface area contributed by atoms with Gasteiger partial charge in [0.25, 0.3) is 5.91 Å². The minimum atomic E-state index is -1.20. The molecule has 0 saturated carbocycles. The first kappa shape index (κ1) is 14.5. The molecule has 0 unspecified atom stereocenters. The number of ether oxygens (including phenoxy) is 1. The van der Waals surface area contributed by atoms with Crippen LogP contribution in [0.3, 0.4) is 0 Å². The van der Waals surface area contributed by atoms with Gasteiger partial charge in [0.2, 0.25) is 0 Å². The van der Waals surface area contributed by atoms with Crippen LogP contribution in [0.15, 0.2) is 42.5 Å². The van der Waals surface area contributed by atoms with Crippen molar-refractivity contribution >= 4 is 11.6 Å². The molecular formula is C15H10F2N2O2. The van der Waals surface area contributed by atoms with Crippen LogP contribution in [0.25, 0.3) is 0 Å². The molecule has 0 atom stereocenters. The first-order valence-corrected chi connectivity index (χ1v) is 5.97. The molecule has 0 aliphatic carbocycles. The highest BCUT2D eigenvalue weighted by Gasteiger charge is 2.15. The summed E-state index contributed by atoms with van der Waals surface area (Å²) < 4.78 is 31.7. The third-order valence-corrected chi connectivity index (χ3v) is 2.59. The Bertz CT molecular complexity index is 711. The van der Waals surface area contributed by atoms with Crippen molar-refractivity contribution in [3.05, 3.63) is 59.7 Å². The van der Waals surface area contributed by atoms with Crippen LogP contribution in [0, 0.1) is 23.0 Å². The summed E-state index contributed by atoms with van der Waals surface area (Å²) in [5.74, 6) is -2.68. The molecule has 106 valence electrons. The lowest BCUT2D eigenvalue weighted by atomic mass is 10.2. The van der Waals surface area contributed by atoms with Crippen molar-refractivity contribution in [1.82, 2.24) is 0 Å². The highest BCUT2D eigenvalue weighted by Crippen LogP contribution is 2.19. The zero-order valence-electron chi connectivity index (χ0n) is 10.8. The highest BCUT2D eigenvalue weighted by molar-refractivity contribution is 6.04. The monoisotopic (exact) mass is 288 g/mol. The van der Waals surface area contributed by atoms with Gasteiger partial charge in [-0.05, 0) is 24.3 Å². The van der Waals surface area contributed by atoms with E-state index in [4.69, 9.17) is 10.00 Å². The van der Waals surface area contributed by atoms with E-state index in [0.29, 0.717) is 11.4 Å². The number of anilines is 1. The van der Waals surface area contributed by atoms with E-state index >= 15 is 0 Å². The average molecular weight is 288 g/mol. The minimum absolute atomic E-state index is 0.129. The molecule has 0 radical (unpaired) electrons. The first-order chi connectivity index (χ1) is 10.1. The van der Waals surface area contributed by atoms with Gasteiger partial charge in [-0.3, -0.25) is 4.79 Å². The van der Waals surface area contributed by atoms with Crippen molar-refractivity contribution in [2.24, 2.45) is 0 Å². The predicted molar refractivity (Wildman–Crippen MR) is 71.9 cm³/mol. The van der Waals surface area contributed by atoms with Crippen LogP contribution >= 0.6 is 0 Å². The number of halogens is 2. The molecule has 0 aliphatic heterocycles. The summed E-state index contributed by atoms with van der Waals surface area (Å²) in [5, 5.41) is 10.9. The summed E-state index contributed by atoms with van der Waals surface area (Å²) in [5.41, 5.74) is -0.0440. The fourth-order valence-corrected chi connectivity index (χ4v) is 1.66.